The van der Waals surface area contributed by atoms with Crippen molar-refractivity contribution in [2.24, 2.45) is 0 Å². The molecule has 0 unspecified atom stereocenters. The van der Waals surface area contributed by atoms with Crippen molar-refractivity contribution in [1.82, 2.24) is 4.98 Å². The van der Waals surface area contributed by atoms with Crippen molar-refractivity contribution in [2.75, 3.05) is 0 Å². The summed E-state index contributed by atoms with van der Waals surface area (Å²) in [5.74, 6) is -0.195. The zero-order valence-corrected chi connectivity index (χ0v) is 9.89. The van der Waals surface area contributed by atoms with Crippen molar-refractivity contribution >= 4 is 17.5 Å². The maximum absolute atomic E-state index is 11.8. The van der Waals surface area contributed by atoms with Crippen LogP contribution in [0.25, 0.3) is 6.08 Å². The number of allylic oxidation sites excluding steroid dienone is 1. The van der Waals surface area contributed by atoms with E-state index in [0.29, 0.717) is 11.1 Å². The lowest BCUT2D eigenvalue weighted by Crippen LogP contribution is -1.94. The molecule has 0 amide bonds. The fourth-order valence-corrected chi connectivity index (χ4v) is 1.52. The van der Waals surface area contributed by atoms with Crippen molar-refractivity contribution in [1.29, 1.82) is 0 Å². The second-order valence-corrected chi connectivity index (χ2v) is 3.79. The van der Waals surface area contributed by atoms with Gasteiger partial charge < -0.3 is 0 Å². The minimum absolute atomic E-state index is 0.00373. The molecular weight excluding hydrogens is 244 g/mol. The Hall–Kier alpha value is -2.82. The van der Waals surface area contributed by atoms with Crippen LogP contribution in [-0.2, 0) is 0 Å². The first-order valence-corrected chi connectivity index (χ1v) is 5.54. The second-order valence-electron chi connectivity index (χ2n) is 3.79. The molecule has 94 valence electrons. The molecule has 1 heterocycles. The summed E-state index contributed by atoms with van der Waals surface area (Å²) in [5, 5.41) is 10.6. The molecule has 5 heteroatoms. The Kier molecular flexibility index (Phi) is 3.78. The van der Waals surface area contributed by atoms with E-state index in [2.05, 4.69) is 4.98 Å². The SMILES string of the molecule is O=C(/C=C/c1cccc([N+](=O)[O-])c1)c1cccnc1. The van der Waals surface area contributed by atoms with Crippen LogP contribution < -0.4 is 0 Å². The monoisotopic (exact) mass is 254 g/mol. The van der Waals surface area contributed by atoms with Crippen LogP contribution >= 0.6 is 0 Å². The summed E-state index contributed by atoms with van der Waals surface area (Å²) in [4.78, 5) is 25.8. The molecular formula is C14H10N2O3. The summed E-state index contributed by atoms with van der Waals surface area (Å²) < 4.78 is 0. The minimum atomic E-state index is -0.472. The van der Waals surface area contributed by atoms with Gasteiger partial charge in [-0.3, -0.25) is 19.9 Å². The molecule has 0 bridgehead atoms. The van der Waals surface area contributed by atoms with Crippen LogP contribution in [0, 0.1) is 10.1 Å². The van der Waals surface area contributed by atoms with Gasteiger partial charge in [0.1, 0.15) is 0 Å². The number of rotatable bonds is 4. The number of nitro groups is 1. The van der Waals surface area contributed by atoms with Gasteiger partial charge in [0.05, 0.1) is 4.92 Å². The van der Waals surface area contributed by atoms with Gasteiger partial charge in [0.15, 0.2) is 5.78 Å². The van der Waals surface area contributed by atoms with Gasteiger partial charge in [0.25, 0.3) is 5.69 Å². The topological polar surface area (TPSA) is 73.1 Å². The highest BCUT2D eigenvalue weighted by atomic mass is 16.6. The number of benzene rings is 1. The molecule has 2 rings (SSSR count). The Morgan fingerprint density at radius 2 is 2.11 bits per heavy atom. The maximum atomic E-state index is 11.8. The van der Waals surface area contributed by atoms with Crippen molar-refractivity contribution in [3.8, 4) is 0 Å². The number of hydrogen-bond acceptors (Lipinski definition) is 4. The Morgan fingerprint density at radius 1 is 1.26 bits per heavy atom. The first-order valence-electron chi connectivity index (χ1n) is 5.54. The van der Waals surface area contributed by atoms with E-state index in [1.807, 2.05) is 0 Å². The van der Waals surface area contributed by atoms with Gasteiger partial charge in [0, 0.05) is 30.1 Å². The molecule has 1 aromatic carbocycles. The van der Waals surface area contributed by atoms with Crippen molar-refractivity contribution in [2.45, 2.75) is 0 Å². The predicted molar refractivity (Wildman–Crippen MR) is 70.7 cm³/mol. The molecule has 0 saturated heterocycles. The normalized spacial score (nSPS) is 10.5. The average Bonchev–Trinajstić information content (AvgIpc) is 2.46. The van der Waals surface area contributed by atoms with E-state index in [4.69, 9.17) is 0 Å². The Morgan fingerprint density at radius 3 is 2.79 bits per heavy atom. The molecule has 0 radical (unpaired) electrons. The van der Waals surface area contributed by atoms with Crippen molar-refractivity contribution in [3.63, 3.8) is 0 Å². The van der Waals surface area contributed by atoms with Crippen LogP contribution in [0.5, 0.6) is 0 Å². The molecule has 2 aromatic rings. The van der Waals surface area contributed by atoms with Crippen LogP contribution in [0.15, 0.2) is 54.9 Å². The Bertz CT molecular complexity index is 636. The van der Waals surface area contributed by atoms with Gasteiger partial charge >= 0.3 is 0 Å². The third kappa shape index (κ3) is 3.32. The van der Waals surface area contributed by atoms with Crippen LogP contribution in [0.4, 0.5) is 5.69 Å². The number of carbonyl (C=O) groups is 1. The lowest BCUT2D eigenvalue weighted by molar-refractivity contribution is -0.384. The smallest absolute Gasteiger partial charge is 0.270 e. The maximum Gasteiger partial charge on any atom is 0.270 e. The zero-order chi connectivity index (χ0) is 13.7. The molecule has 0 N–H and O–H groups in total. The predicted octanol–water partition coefficient (Wildman–Crippen LogP) is 2.89. The number of pyridine rings is 1. The molecule has 19 heavy (non-hydrogen) atoms. The fourth-order valence-electron chi connectivity index (χ4n) is 1.52. The standard InChI is InChI=1S/C14H10N2O3/c17-14(12-4-2-8-15-10-12)7-6-11-3-1-5-13(9-11)16(18)19/h1-10H/b7-6+. The summed E-state index contributed by atoms with van der Waals surface area (Å²) in [6.45, 7) is 0. The number of nitrogens with zero attached hydrogens (tertiary/aromatic N) is 2. The summed E-state index contributed by atoms with van der Waals surface area (Å²) >= 11 is 0. The van der Waals surface area contributed by atoms with Crippen molar-refractivity contribution < 1.29 is 9.72 Å². The largest absolute Gasteiger partial charge is 0.289 e. The fraction of sp³-hybridized carbons (Fsp3) is 0. The van der Waals surface area contributed by atoms with E-state index < -0.39 is 4.92 Å². The van der Waals surface area contributed by atoms with E-state index in [1.54, 1.807) is 36.5 Å². The van der Waals surface area contributed by atoms with Gasteiger partial charge in [-0.1, -0.05) is 18.2 Å². The van der Waals surface area contributed by atoms with Gasteiger partial charge in [-0.05, 0) is 23.8 Å². The molecule has 0 spiro atoms. The lowest BCUT2D eigenvalue weighted by Gasteiger charge is -1.95. The molecule has 0 aliphatic heterocycles. The van der Waals surface area contributed by atoms with Gasteiger partial charge in [-0.25, -0.2) is 0 Å². The third-order valence-electron chi connectivity index (χ3n) is 2.45. The van der Waals surface area contributed by atoms with Gasteiger partial charge in [0.2, 0.25) is 0 Å². The van der Waals surface area contributed by atoms with Crippen LogP contribution in [0.3, 0.4) is 0 Å². The summed E-state index contributed by atoms with van der Waals surface area (Å²) in [5.41, 5.74) is 1.08. The van der Waals surface area contributed by atoms with Gasteiger partial charge in [-0.2, -0.15) is 0 Å². The van der Waals surface area contributed by atoms with E-state index in [-0.39, 0.29) is 11.5 Å². The zero-order valence-electron chi connectivity index (χ0n) is 9.89. The second kappa shape index (κ2) is 5.68. The average molecular weight is 254 g/mol. The number of aromatic nitrogens is 1. The minimum Gasteiger partial charge on any atom is -0.289 e. The lowest BCUT2D eigenvalue weighted by atomic mass is 10.1. The van der Waals surface area contributed by atoms with Crippen LogP contribution in [0.2, 0.25) is 0 Å². The number of carbonyl (C=O) groups excluding carboxylic acids is 1. The first kappa shape index (κ1) is 12.6. The molecule has 1 aromatic heterocycles. The third-order valence-corrected chi connectivity index (χ3v) is 2.45. The molecule has 0 atom stereocenters. The number of nitro benzene ring substituents is 1. The summed E-state index contributed by atoms with van der Waals surface area (Å²) in [6, 6.07) is 9.42. The van der Waals surface area contributed by atoms with E-state index in [9.17, 15) is 14.9 Å². The van der Waals surface area contributed by atoms with E-state index >= 15 is 0 Å². The molecule has 0 aliphatic rings. The quantitative estimate of drug-likeness (QED) is 0.364. The molecule has 0 fully saturated rings. The Labute approximate surface area is 109 Å². The van der Waals surface area contributed by atoms with Crippen molar-refractivity contribution in [3.05, 3.63) is 76.1 Å². The first-order chi connectivity index (χ1) is 9.16. The highest BCUT2D eigenvalue weighted by Crippen LogP contribution is 2.14. The van der Waals surface area contributed by atoms with Crippen LogP contribution in [0.1, 0.15) is 15.9 Å². The Balaban J connectivity index is 2.17. The summed E-state index contributed by atoms with van der Waals surface area (Å²) in [6.07, 6.45) is 5.97. The number of non-ortho nitro benzene ring substituents is 1. The van der Waals surface area contributed by atoms with Crippen LogP contribution in [-0.4, -0.2) is 15.7 Å². The summed E-state index contributed by atoms with van der Waals surface area (Å²) in [7, 11) is 0. The molecule has 5 nitrogen and oxygen atoms in total. The van der Waals surface area contributed by atoms with E-state index in [0.717, 1.165) is 0 Å². The van der Waals surface area contributed by atoms with E-state index in [1.165, 1.54) is 24.4 Å². The van der Waals surface area contributed by atoms with Gasteiger partial charge in [-0.15, -0.1) is 0 Å². The number of hydrogen-bond donors (Lipinski definition) is 0. The molecule has 0 aliphatic carbocycles. The number of ketones is 1. The highest BCUT2D eigenvalue weighted by molar-refractivity contribution is 6.06. The molecule has 0 saturated carbocycles. The highest BCUT2D eigenvalue weighted by Gasteiger charge is 2.04.